The zero-order valence-electron chi connectivity index (χ0n) is 16.4. The van der Waals surface area contributed by atoms with E-state index in [4.69, 9.17) is 4.74 Å². The number of rotatable bonds is 5. The third kappa shape index (κ3) is 3.87. The molecule has 0 radical (unpaired) electrons. The first kappa shape index (κ1) is 18.1. The van der Waals surface area contributed by atoms with Gasteiger partial charge in [-0.25, -0.2) is 9.78 Å². The van der Waals surface area contributed by atoms with Crippen molar-refractivity contribution in [3.63, 3.8) is 0 Å². The van der Waals surface area contributed by atoms with E-state index < -0.39 is 0 Å². The summed E-state index contributed by atoms with van der Waals surface area (Å²) in [5.41, 5.74) is 4.13. The highest BCUT2D eigenvalue weighted by atomic mass is 16.5. The minimum Gasteiger partial charge on any atom is -0.465 e. The number of carbonyl (C=O) groups is 1. The lowest BCUT2D eigenvalue weighted by Crippen LogP contribution is -2.21. The van der Waals surface area contributed by atoms with E-state index >= 15 is 0 Å². The fraction of sp³-hybridized carbons (Fsp3) is 0.545. The van der Waals surface area contributed by atoms with Gasteiger partial charge < -0.3 is 14.2 Å². The van der Waals surface area contributed by atoms with E-state index in [0.717, 1.165) is 49.3 Å². The van der Waals surface area contributed by atoms with Crippen LogP contribution >= 0.6 is 0 Å². The molecule has 2 heterocycles. The van der Waals surface area contributed by atoms with Gasteiger partial charge in [-0.15, -0.1) is 0 Å². The molecule has 1 aromatic heterocycles. The second-order valence-corrected chi connectivity index (χ2v) is 8.09. The molecule has 0 bridgehead atoms. The van der Waals surface area contributed by atoms with Gasteiger partial charge in [-0.3, -0.25) is 0 Å². The third-order valence-electron chi connectivity index (χ3n) is 6.27. The van der Waals surface area contributed by atoms with Crippen LogP contribution in [0.15, 0.2) is 30.7 Å². The Morgan fingerprint density at radius 1 is 1.30 bits per heavy atom. The van der Waals surface area contributed by atoms with Crippen LogP contribution in [0.25, 0.3) is 0 Å². The second kappa shape index (κ2) is 7.75. The topological polar surface area (TPSA) is 47.4 Å². The third-order valence-corrected chi connectivity index (χ3v) is 6.27. The minimum absolute atomic E-state index is 0.282. The van der Waals surface area contributed by atoms with Crippen LogP contribution in [0, 0.1) is 11.8 Å². The number of esters is 1. The molecule has 1 fully saturated rings. The van der Waals surface area contributed by atoms with Crippen molar-refractivity contribution in [3.8, 4) is 0 Å². The molecule has 2 atom stereocenters. The van der Waals surface area contributed by atoms with Gasteiger partial charge >= 0.3 is 5.97 Å². The normalized spacial score (nSPS) is 21.9. The Labute approximate surface area is 161 Å². The van der Waals surface area contributed by atoms with E-state index in [1.165, 1.54) is 38.4 Å². The van der Waals surface area contributed by atoms with Gasteiger partial charge in [-0.2, -0.15) is 0 Å². The number of benzene rings is 1. The van der Waals surface area contributed by atoms with Gasteiger partial charge in [0.05, 0.1) is 31.2 Å². The van der Waals surface area contributed by atoms with Crippen LogP contribution in [-0.2, 0) is 24.2 Å². The summed E-state index contributed by atoms with van der Waals surface area (Å²) in [4.78, 5) is 18.8. The van der Waals surface area contributed by atoms with Crippen molar-refractivity contribution >= 4 is 11.7 Å². The monoisotopic (exact) mass is 367 g/mol. The predicted octanol–water partition coefficient (Wildman–Crippen LogP) is 4.06. The molecule has 1 aliphatic heterocycles. The maximum Gasteiger partial charge on any atom is 0.337 e. The van der Waals surface area contributed by atoms with Gasteiger partial charge in [-0.05, 0) is 42.4 Å². The van der Waals surface area contributed by atoms with Crippen LogP contribution in [0.4, 0.5) is 5.69 Å². The van der Waals surface area contributed by atoms with Crippen molar-refractivity contribution in [3.05, 3.63) is 47.5 Å². The van der Waals surface area contributed by atoms with Crippen LogP contribution in [0.1, 0.15) is 54.2 Å². The van der Waals surface area contributed by atoms with E-state index in [9.17, 15) is 4.79 Å². The van der Waals surface area contributed by atoms with Gasteiger partial charge in [-0.1, -0.05) is 32.3 Å². The Kier molecular flexibility index (Phi) is 5.19. The summed E-state index contributed by atoms with van der Waals surface area (Å²) in [5.74, 6) is 1.30. The van der Waals surface area contributed by atoms with Gasteiger partial charge in [0, 0.05) is 25.0 Å². The maximum atomic E-state index is 11.8. The smallest absolute Gasteiger partial charge is 0.337 e. The molecule has 2 aliphatic rings. The van der Waals surface area contributed by atoms with E-state index in [1.807, 2.05) is 24.5 Å². The lowest BCUT2D eigenvalue weighted by Gasteiger charge is -2.28. The highest BCUT2D eigenvalue weighted by Gasteiger charge is 2.23. The van der Waals surface area contributed by atoms with Gasteiger partial charge in [0.15, 0.2) is 0 Å². The molecule has 1 saturated carbocycles. The molecule has 1 aromatic carbocycles. The van der Waals surface area contributed by atoms with Crippen LogP contribution in [-0.4, -0.2) is 29.2 Å². The number of hydrogen-bond acceptors (Lipinski definition) is 4. The number of aromatic nitrogens is 2. The fourth-order valence-electron chi connectivity index (χ4n) is 4.57. The van der Waals surface area contributed by atoms with Gasteiger partial charge in [0.25, 0.3) is 0 Å². The van der Waals surface area contributed by atoms with E-state index in [2.05, 4.69) is 27.6 Å². The molecule has 0 N–H and O–H groups in total. The Bertz CT molecular complexity index is 814. The van der Waals surface area contributed by atoms with E-state index in [1.54, 1.807) is 0 Å². The average molecular weight is 367 g/mol. The summed E-state index contributed by atoms with van der Waals surface area (Å²) >= 11 is 0. The van der Waals surface area contributed by atoms with Crippen molar-refractivity contribution in [2.24, 2.45) is 11.8 Å². The standard InChI is InChI=1S/C22H29N3O2/c1-16-5-3-4-6-19(16)12-24-13-20(23-15-24)14-25-10-9-17-7-8-18(11-21(17)25)22(26)27-2/h7-8,11,13,15-16,19H,3-6,9-10,12,14H2,1-2H3/t16-,19?/m1/s1. The molecule has 4 rings (SSSR count). The molecular formula is C22H29N3O2. The summed E-state index contributed by atoms with van der Waals surface area (Å²) in [6.07, 6.45) is 10.6. The first-order valence-corrected chi connectivity index (χ1v) is 10.1. The quantitative estimate of drug-likeness (QED) is 0.748. The number of fused-ring (bicyclic) bond motifs is 1. The van der Waals surface area contributed by atoms with Crippen LogP contribution in [0.2, 0.25) is 0 Å². The van der Waals surface area contributed by atoms with Gasteiger partial charge in [0.1, 0.15) is 0 Å². The predicted molar refractivity (Wildman–Crippen MR) is 106 cm³/mol. The first-order chi connectivity index (χ1) is 13.1. The summed E-state index contributed by atoms with van der Waals surface area (Å²) in [5, 5.41) is 0. The molecule has 0 spiro atoms. The number of hydrogen-bond donors (Lipinski definition) is 0. The molecule has 5 nitrogen and oxygen atoms in total. The summed E-state index contributed by atoms with van der Waals surface area (Å²) in [6.45, 7) is 5.22. The molecule has 144 valence electrons. The van der Waals surface area contributed by atoms with Crippen LogP contribution in [0.5, 0.6) is 0 Å². The Morgan fingerprint density at radius 2 is 2.15 bits per heavy atom. The SMILES string of the molecule is COC(=O)c1ccc2c(c1)N(Cc1cn(CC3CCCC[C@H]3C)cn1)CC2. The van der Waals surface area contributed by atoms with Gasteiger partial charge in [0.2, 0.25) is 0 Å². The zero-order valence-corrected chi connectivity index (χ0v) is 16.4. The minimum atomic E-state index is -0.282. The molecule has 27 heavy (non-hydrogen) atoms. The van der Waals surface area contributed by atoms with Crippen molar-refractivity contribution in [1.29, 1.82) is 0 Å². The molecule has 2 aromatic rings. The van der Waals surface area contributed by atoms with E-state index in [-0.39, 0.29) is 5.97 Å². The molecule has 0 amide bonds. The lowest BCUT2D eigenvalue weighted by atomic mass is 9.80. The number of imidazole rings is 1. The van der Waals surface area contributed by atoms with Crippen molar-refractivity contribution in [2.75, 3.05) is 18.6 Å². The average Bonchev–Trinajstić information content (AvgIpc) is 3.30. The molecular weight excluding hydrogens is 338 g/mol. The Morgan fingerprint density at radius 3 is 2.96 bits per heavy atom. The summed E-state index contributed by atoms with van der Waals surface area (Å²) in [7, 11) is 1.42. The number of anilines is 1. The highest BCUT2D eigenvalue weighted by Crippen LogP contribution is 2.32. The van der Waals surface area contributed by atoms with Crippen molar-refractivity contribution in [1.82, 2.24) is 9.55 Å². The number of nitrogens with zero attached hydrogens (tertiary/aromatic N) is 3. The van der Waals surface area contributed by atoms with E-state index in [0.29, 0.717) is 5.56 Å². The lowest BCUT2D eigenvalue weighted by molar-refractivity contribution is 0.0601. The molecule has 5 heteroatoms. The van der Waals surface area contributed by atoms with Crippen LogP contribution < -0.4 is 4.90 Å². The second-order valence-electron chi connectivity index (χ2n) is 8.09. The first-order valence-electron chi connectivity index (χ1n) is 10.1. The van der Waals surface area contributed by atoms with Crippen molar-refractivity contribution in [2.45, 2.75) is 52.1 Å². The Balaban J connectivity index is 1.44. The largest absolute Gasteiger partial charge is 0.465 e. The van der Waals surface area contributed by atoms with Crippen molar-refractivity contribution < 1.29 is 9.53 Å². The maximum absolute atomic E-state index is 11.8. The fourth-order valence-corrected chi connectivity index (χ4v) is 4.57. The summed E-state index contributed by atoms with van der Waals surface area (Å²) in [6, 6.07) is 5.85. The Hall–Kier alpha value is -2.30. The molecule has 1 aliphatic carbocycles. The number of ether oxygens (including phenoxy) is 1. The highest BCUT2D eigenvalue weighted by molar-refractivity contribution is 5.91. The van der Waals surface area contributed by atoms with Crippen LogP contribution in [0.3, 0.4) is 0 Å². The number of methoxy groups -OCH3 is 1. The zero-order chi connectivity index (χ0) is 18.8. The molecule has 1 unspecified atom stereocenters. The molecule has 0 saturated heterocycles. The summed E-state index contributed by atoms with van der Waals surface area (Å²) < 4.78 is 7.13. The number of carbonyl (C=O) groups excluding carboxylic acids is 1.